The molecule has 2 rings (SSSR count). The van der Waals surface area contributed by atoms with Crippen LogP contribution in [0.4, 0.5) is 0 Å². The molecular formula is C14H14O3. The summed E-state index contributed by atoms with van der Waals surface area (Å²) in [7, 11) is 3.27. The van der Waals surface area contributed by atoms with E-state index in [4.69, 9.17) is 13.9 Å². The van der Waals surface area contributed by atoms with Gasteiger partial charge in [0.25, 0.3) is 0 Å². The molecule has 0 spiro atoms. The first kappa shape index (κ1) is 11.3. The van der Waals surface area contributed by atoms with Crippen LogP contribution in [0.5, 0.6) is 11.5 Å². The quantitative estimate of drug-likeness (QED) is 0.806. The Hall–Kier alpha value is -2.16. The number of methoxy groups -OCH3 is 2. The Morgan fingerprint density at radius 3 is 2.12 bits per heavy atom. The molecule has 2 aromatic rings. The maximum atomic E-state index is 5.20. The van der Waals surface area contributed by atoms with Crippen LogP contribution >= 0.6 is 0 Å². The zero-order valence-electron chi connectivity index (χ0n) is 9.84. The van der Waals surface area contributed by atoms with Gasteiger partial charge in [-0.1, -0.05) is 12.2 Å². The van der Waals surface area contributed by atoms with Crippen LogP contribution in [-0.2, 0) is 0 Å². The fourth-order valence-corrected chi connectivity index (χ4v) is 1.49. The molecule has 0 aliphatic carbocycles. The van der Waals surface area contributed by atoms with Crippen LogP contribution in [-0.4, -0.2) is 14.2 Å². The van der Waals surface area contributed by atoms with Crippen LogP contribution in [0.1, 0.15) is 11.1 Å². The molecule has 0 saturated carbocycles. The van der Waals surface area contributed by atoms with Crippen LogP contribution in [0.2, 0.25) is 0 Å². The number of hydrogen-bond donors (Lipinski definition) is 0. The molecule has 0 aliphatic rings. The van der Waals surface area contributed by atoms with E-state index in [9.17, 15) is 0 Å². The Kier molecular flexibility index (Phi) is 3.50. The fraction of sp³-hybridized carbons (Fsp3) is 0.143. The third-order valence-electron chi connectivity index (χ3n) is 2.39. The molecule has 0 amide bonds. The number of ether oxygens (including phenoxy) is 2. The van der Waals surface area contributed by atoms with E-state index in [-0.39, 0.29) is 0 Å². The standard InChI is InChI=1S/C14H14O3/c1-15-13-7-12(8-14(9-13)16-2)4-3-11-5-6-17-10-11/h3-10H,1-2H3. The second-order valence-corrected chi connectivity index (χ2v) is 3.54. The molecule has 1 heterocycles. The van der Waals surface area contributed by atoms with E-state index in [0.29, 0.717) is 0 Å². The van der Waals surface area contributed by atoms with E-state index in [1.807, 2.05) is 36.4 Å². The minimum atomic E-state index is 0.774. The highest BCUT2D eigenvalue weighted by Gasteiger charge is 1.99. The van der Waals surface area contributed by atoms with Gasteiger partial charge in [-0.2, -0.15) is 0 Å². The summed E-state index contributed by atoms with van der Waals surface area (Å²) >= 11 is 0. The molecule has 0 fully saturated rings. The maximum Gasteiger partial charge on any atom is 0.123 e. The summed E-state index contributed by atoms with van der Waals surface area (Å²) in [6, 6.07) is 7.63. The Morgan fingerprint density at radius 1 is 0.941 bits per heavy atom. The molecule has 17 heavy (non-hydrogen) atoms. The van der Waals surface area contributed by atoms with Gasteiger partial charge in [0.05, 0.1) is 26.7 Å². The third-order valence-corrected chi connectivity index (χ3v) is 2.39. The average Bonchev–Trinajstić information content (AvgIpc) is 2.89. The van der Waals surface area contributed by atoms with E-state index < -0.39 is 0 Å². The van der Waals surface area contributed by atoms with Crippen molar-refractivity contribution in [2.24, 2.45) is 0 Å². The molecule has 0 aliphatic heterocycles. The van der Waals surface area contributed by atoms with Gasteiger partial charge in [-0.25, -0.2) is 0 Å². The highest BCUT2D eigenvalue weighted by Crippen LogP contribution is 2.23. The molecule has 0 unspecified atom stereocenters. The van der Waals surface area contributed by atoms with Crippen LogP contribution < -0.4 is 9.47 Å². The van der Waals surface area contributed by atoms with Crippen LogP contribution in [0.3, 0.4) is 0 Å². The minimum Gasteiger partial charge on any atom is -0.497 e. The predicted molar refractivity (Wildman–Crippen MR) is 67.2 cm³/mol. The summed E-state index contributed by atoms with van der Waals surface area (Å²) in [5.74, 6) is 1.55. The summed E-state index contributed by atoms with van der Waals surface area (Å²) in [6.45, 7) is 0. The Balaban J connectivity index is 2.25. The first-order valence-corrected chi connectivity index (χ1v) is 5.25. The highest BCUT2D eigenvalue weighted by atomic mass is 16.5. The second kappa shape index (κ2) is 5.25. The molecule has 1 aromatic carbocycles. The smallest absolute Gasteiger partial charge is 0.123 e. The van der Waals surface area contributed by atoms with Gasteiger partial charge in [0.2, 0.25) is 0 Å². The lowest BCUT2D eigenvalue weighted by molar-refractivity contribution is 0.394. The van der Waals surface area contributed by atoms with E-state index in [0.717, 1.165) is 22.6 Å². The number of hydrogen-bond acceptors (Lipinski definition) is 3. The Bertz CT molecular complexity index is 476. The lowest BCUT2D eigenvalue weighted by atomic mass is 10.1. The molecule has 88 valence electrons. The van der Waals surface area contributed by atoms with Crippen LogP contribution in [0.15, 0.2) is 41.2 Å². The first-order chi connectivity index (χ1) is 8.31. The van der Waals surface area contributed by atoms with Crippen molar-refractivity contribution in [1.82, 2.24) is 0 Å². The summed E-state index contributed by atoms with van der Waals surface area (Å²) < 4.78 is 15.4. The van der Waals surface area contributed by atoms with Crippen molar-refractivity contribution in [2.75, 3.05) is 14.2 Å². The highest BCUT2D eigenvalue weighted by molar-refractivity contribution is 5.70. The molecule has 0 atom stereocenters. The lowest BCUT2D eigenvalue weighted by Gasteiger charge is -2.05. The van der Waals surface area contributed by atoms with Gasteiger partial charge >= 0.3 is 0 Å². The van der Waals surface area contributed by atoms with E-state index in [1.165, 1.54) is 0 Å². The van der Waals surface area contributed by atoms with Gasteiger partial charge in [0.1, 0.15) is 11.5 Å². The van der Waals surface area contributed by atoms with Crippen LogP contribution in [0.25, 0.3) is 12.2 Å². The van der Waals surface area contributed by atoms with Crippen LogP contribution in [0, 0.1) is 0 Å². The summed E-state index contributed by atoms with van der Waals surface area (Å²) in [5.41, 5.74) is 2.04. The zero-order valence-corrected chi connectivity index (χ0v) is 9.84. The first-order valence-electron chi connectivity index (χ1n) is 5.25. The number of benzene rings is 1. The summed E-state index contributed by atoms with van der Waals surface area (Å²) in [6.07, 6.45) is 7.29. The zero-order chi connectivity index (χ0) is 12.1. The van der Waals surface area contributed by atoms with Crippen molar-refractivity contribution in [3.05, 3.63) is 47.9 Å². The Labute approximate surface area is 100 Å². The molecule has 0 N–H and O–H groups in total. The monoisotopic (exact) mass is 230 g/mol. The fourth-order valence-electron chi connectivity index (χ4n) is 1.49. The van der Waals surface area contributed by atoms with E-state index in [1.54, 1.807) is 26.7 Å². The summed E-state index contributed by atoms with van der Waals surface area (Å²) in [4.78, 5) is 0. The van der Waals surface area contributed by atoms with Crippen molar-refractivity contribution in [3.8, 4) is 11.5 Å². The molecule has 0 saturated heterocycles. The maximum absolute atomic E-state index is 5.20. The molecule has 3 heteroatoms. The van der Waals surface area contributed by atoms with Crippen molar-refractivity contribution in [3.63, 3.8) is 0 Å². The SMILES string of the molecule is COc1cc(C=Cc2ccoc2)cc(OC)c1. The minimum absolute atomic E-state index is 0.774. The van der Waals surface area contributed by atoms with E-state index in [2.05, 4.69) is 0 Å². The lowest BCUT2D eigenvalue weighted by Crippen LogP contribution is -1.87. The van der Waals surface area contributed by atoms with Gasteiger partial charge in [-0.05, 0) is 23.8 Å². The van der Waals surface area contributed by atoms with Crippen molar-refractivity contribution in [1.29, 1.82) is 0 Å². The van der Waals surface area contributed by atoms with Crippen molar-refractivity contribution in [2.45, 2.75) is 0 Å². The number of rotatable bonds is 4. The molecular weight excluding hydrogens is 216 g/mol. The van der Waals surface area contributed by atoms with Gasteiger partial charge in [-0.3, -0.25) is 0 Å². The molecule has 0 bridgehead atoms. The van der Waals surface area contributed by atoms with Gasteiger partial charge in [0, 0.05) is 11.6 Å². The van der Waals surface area contributed by atoms with Crippen molar-refractivity contribution >= 4 is 12.2 Å². The van der Waals surface area contributed by atoms with E-state index >= 15 is 0 Å². The average molecular weight is 230 g/mol. The molecule has 1 aromatic heterocycles. The third kappa shape index (κ3) is 2.91. The Morgan fingerprint density at radius 2 is 1.59 bits per heavy atom. The molecule has 3 nitrogen and oxygen atoms in total. The van der Waals surface area contributed by atoms with Gasteiger partial charge in [0.15, 0.2) is 0 Å². The summed E-state index contributed by atoms with van der Waals surface area (Å²) in [5, 5.41) is 0. The largest absolute Gasteiger partial charge is 0.497 e. The van der Waals surface area contributed by atoms with Gasteiger partial charge in [-0.15, -0.1) is 0 Å². The topological polar surface area (TPSA) is 31.6 Å². The normalized spacial score (nSPS) is 10.7. The van der Waals surface area contributed by atoms with Gasteiger partial charge < -0.3 is 13.9 Å². The number of furan rings is 1. The second-order valence-electron chi connectivity index (χ2n) is 3.54. The molecule has 0 radical (unpaired) electrons. The predicted octanol–water partition coefficient (Wildman–Crippen LogP) is 3.47. The van der Waals surface area contributed by atoms with Crippen molar-refractivity contribution < 1.29 is 13.9 Å².